The smallest absolute Gasteiger partial charge is 0.159 e. The van der Waals surface area contributed by atoms with E-state index >= 15 is 0 Å². The summed E-state index contributed by atoms with van der Waals surface area (Å²) in [6.45, 7) is 3.92. The van der Waals surface area contributed by atoms with Crippen molar-refractivity contribution in [2.75, 3.05) is 13.1 Å². The Morgan fingerprint density at radius 3 is 2.88 bits per heavy atom. The van der Waals surface area contributed by atoms with Crippen molar-refractivity contribution in [2.45, 2.75) is 31.8 Å². The van der Waals surface area contributed by atoms with Gasteiger partial charge in [0.1, 0.15) is 0 Å². The van der Waals surface area contributed by atoms with Crippen LogP contribution < -0.4 is 10.6 Å². The maximum absolute atomic E-state index is 13.2. The normalized spacial score (nSPS) is 24.9. The van der Waals surface area contributed by atoms with Crippen LogP contribution in [0.4, 0.5) is 8.78 Å². The zero-order valence-electron chi connectivity index (χ0n) is 9.97. The predicted molar refractivity (Wildman–Crippen MR) is 63.8 cm³/mol. The zero-order valence-corrected chi connectivity index (χ0v) is 9.97. The number of hydrogen-bond acceptors (Lipinski definition) is 2. The molecule has 0 radical (unpaired) electrons. The fraction of sp³-hybridized carbons (Fsp3) is 0.538. The van der Waals surface area contributed by atoms with Crippen molar-refractivity contribution in [3.8, 4) is 0 Å². The van der Waals surface area contributed by atoms with Crippen molar-refractivity contribution in [3.63, 3.8) is 0 Å². The highest BCUT2D eigenvalue weighted by molar-refractivity contribution is 5.22. The predicted octanol–water partition coefficient (Wildman–Crippen LogP) is 2.37. The van der Waals surface area contributed by atoms with E-state index in [0.29, 0.717) is 6.04 Å². The summed E-state index contributed by atoms with van der Waals surface area (Å²) in [6, 6.07) is 4.72. The first-order chi connectivity index (χ1) is 8.20. The van der Waals surface area contributed by atoms with Gasteiger partial charge in [-0.25, -0.2) is 8.78 Å². The molecule has 2 atom stereocenters. The summed E-state index contributed by atoms with van der Waals surface area (Å²) in [6.07, 6.45) is 1.99. The highest BCUT2D eigenvalue weighted by Gasteiger charge is 2.22. The van der Waals surface area contributed by atoms with E-state index in [0.717, 1.165) is 31.5 Å². The number of halogens is 2. The molecule has 0 bridgehead atoms. The van der Waals surface area contributed by atoms with Crippen molar-refractivity contribution in [1.82, 2.24) is 10.6 Å². The van der Waals surface area contributed by atoms with Crippen molar-refractivity contribution < 1.29 is 8.78 Å². The number of hydrogen-bond donors (Lipinski definition) is 2. The number of piperidine rings is 1. The fourth-order valence-corrected chi connectivity index (χ4v) is 2.37. The second-order valence-corrected chi connectivity index (χ2v) is 4.46. The summed E-state index contributed by atoms with van der Waals surface area (Å²) in [7, 11) is 0. The highest BCUT2D eigenvalue weighted by Crippen LogP contribution is 2.24. The van der Waals surface area contributed by atoms with Gasteiger partial charge in [-0.1, -0.05) is 13.0 Å². The molecule has 2 nitrogen and oxygen atoms in total. The second kappa shape index (κ2) is 5.56. The summed E-state index contributed by atoms with van der Waals surface area (Å²) in [4.78, 5) is 0. The van der Waals surface area contributed by atoms with Gasteiger partial charge in [-0.15, -0.1) is 0 Å². The van der Waals surface area contributed by atoms with E-state index in [9.17, 15) is 8.78 Å². The van der Waals surface area contributed by atoms with Gasteiger partial charge in [0.15, 0.2) is 11.6 Å². The van der Waals surface area contributed by atoms with Crippen LogP contribution in [0.3, 0.4) is 0 Å². The van der Waals surface area contributed by atoms with Crippen LogP contribution in [0.5, 0.6) is 0 Å². The molecule has 0 spiro atoms. The zero-order chi connectivity index (χ0) is 12.3. The van der Waals surface area contributed by atoms with Gasteiger partial charge in [0.05, 0.1) is 0 Å². The van der Waals surface area contributed by atoms with E-state index in [1.807, 2.05) is 0 Å². The average molecular weight is 240 g/mol. The first-order valence-corrected chi connectivity index (χ1v) is 6.12. The third-order valence-electron chi connectivity index (χ3n) is 3.24. The quantitative estimate of drug-likeness (QED) is 0.847. The molecular formula is C13H18F2N2. The molecule has 2 N–H and O–H groups in total. The lowest BCUT2D eigenvalue weighted by Crippen LogP contribution is -2.41. The summed E-state index contributed by atoms with van der Waals surface area (Å²) in [5.41, 5.74) is 0.825. The average Bonchev–Trinajstić information content (AvgIpc) is 2.33. The summed E-state index contributed by atoms with van der Waals surface area (Å²) in [5.74, 6) is -1.55. The largest absolute Gasteiger partial charge is 0.314 e. The maximum Gasteiger partial charge on any atom is 0.159 e. The van der Waals surface area contributed by atoms with E-state index in [1.165, 1.54) is 12.1 Å². The highest BCUT2D eigenvalue weighted by atomic mass is 19.2. The Morgan fingerprint density at radius 2 is 2.18 bits per heavy atom. The molecule has 0 amide bonds. The molecule has 1 aromatic rings. The van der Waals surface area contributed by atoms with Crippen LogP contribution in [0.1, 0.15) is 31.4 Å². The van der Waals surface area contributed by atoms with Gasteiger partial charge >= 0.3 is 0 Å². The summed E-state index contributed by atoms with van der Waals surface area (Å²) >= 11 is 0. The molecule has 1 saturated heterocycles. The molecule has 0 aliphatic carbocycles. The van der Waals surface area contributed by atoms with Crippen molar-refractivity contribution in [2.24, 2.45) is 0 Å². The molecular weight excluding hydrogens is 222 g/mol. The van der Waals surface area contributed by atoms with Crippen molar-refractivity contribution >= 4 is 0 Å². The van der Waals surface area contributed by atoms with E-state index in [-0.39, 0.29) is 6.04 Å². The van der Waals surface area contributed by atoms with Crippen molar-refractivity contribution in [1.29, 1.82) is 0 Å². The first-order valence-electron chi connectivity index (χ1n) is 6.12. The lowest BCUT2D eigenvalue weighted by Gasteiger charge is -2.31. The lowest BCUT2D eigenvalue weighted by molar-refractivity contribution is 0.326. The number of benzene rings is 1. The Bertz CT molecular complexity index is 380. The minimum Gasteiger partial charge on any atom is -0.314 e. The standard InChI is InChI=1S/C13H18F2N2/c1-2-16-10-5-6-17-13(8-10)9-3-4-11(14)12(15)7-9/h3-4,7,10,13,16-17H,2,5-6,8H2,1H3/t10-,13+/m1/s1. The molecule has 94 valence electrons. The van der Waals surface area contributed by atoms with E-state index in [1.54, 1.807) is 6.07 Å². The minimum absolute atomic E-state index is 0.114. The van der Waals surface area contributed by atoms with E-state index in [2.05, 4.69) is 17.6 Å². The molecule has 0 saturated carbocycles. The van der Waals surface area contributed by atoms with Gasteiger partial charge in [0.2, 0.25) is 0 Å². The Kier molecular flexibility index (Phi) is 4.07. The molecule has 1 heterocycles. The Balaban J connectivity index is 2.08. The van der Waals surface area contributed by atoms with E-state index < -0.39 is 11.6 Å². The molecule has 1 aliphatic rings. The molecule has 0 unspecified atom stereocenters. The molecule has 17 heavy (non-hydrogen) atoms. The minimum atomic E-state index is -0.784. The lowest BCUT2D eigenvalue weighted by atomic mass is 9.93. The molecule has 1 aromatic carbocycles. The van der Waals surface area contributed by atoms with Crippen LogP contribution >= 0.6 is 0 Å². The third-order valence-corrected chi connectivity index (χ3v) is 3.24. The molecule has 1 fully saturated rings. The van der Waals surface area contributed by atoms with Gasteiger partial charge < -0.3 is 10.6 Å². The molecule has 4 heteroatoms. The monoisotopic (exact) mass is 240 g/mol. The second-order valence-electron chi connectivity index (χ2n) is 4.46. The Morgan fingerprint density at radius 1 is 1.35 bits per heavy atom. The Labute approximate surface area is 100 Å². The Hall–Kier alpha value is -1.00. The van der Waals surface area contributed by atoms with Crippen LogP contribution in [0.25, 0.3) is 0 Å². The van der Waals surface area contributed by atoms with Crippen molar-refractivity contribution in [3.05, 3.63) is 35.4 Å². The van der Waals surface area contributed by atoms with Gasteiger partial charge in [-0.3, -0.25) is 0 Å². The summed E-state index contributed by atoms with van der Waals surface area (Å²) < 4.78 is 26.0. The topological polar surface area (TPSA) is 24.1 Å². The number of rotatable bonds is 3. The fourth-order valence-electron chi connectivity index (χ4n) is 2.37. The van der Waals surface area contributed by atoms with E-state index in [4.69, 9.17) is 0 Å². The molecule has 1 aliphatic heterocycles. The van der Waals surface area contributed by atoms with Gasteiger partial charge in [0, 0.05) is 12.1 Å². The molecule has 0 aromatic heterocycles. The van der Waals surface area contributed by atoms with Crippen LogP contribution in [0.15, 0.2) is 18.2 Å². The third kappa shape index (κ3) is 3.01. The van der Waals surface area contributed by atoms with Crippen LogP contribution in [0, 0.1) is 11.6 Å². The van der Waals surface area contributed by atoms with Gasteiger partial charge in [-0.05, 0) is 43.6 Å². The summed E-state index contributed by atoms with van der Waals surface area (Å²) in [5, 5.41) is 6.74. The van der Waals surface area contributed by atoms with Gasteiger partial charge in [0.25, 0.3) is 0 Å². The van der Waals surface area contributed by atoms with Gasteiger partial charge in [-0.2, -0.15) is 0 Å². The van der Waals surface area contributed by atoms with Crippen LogP contribution in [-0.4, -0.2) is 19.1 Å². The maximum atomic E-state index is 13.2. The van der Waals surface area contributed by atoms with Crippen LogP contribution in [-0.2, 0) is 0 Å². The first kappa shape index (κ1) is 12.5. The van der Waals surface area contributed by atoms with Crippen LogP contribution in [0.2, 0.25) is 0 Å². The molecule has 2 rings (SSSR count). The number of nitrogens with one attached hydrogen (secondary N) is 2. The SMILES string of the molecule is CCN[C@@H]1CCN[C@H](c2ccc(F)c(F)c2)C1.